The fourth-order valence-electron chi connectivity index (χ4n) is 3.10. The van der Waals surface area contributed by atoms with Crippen molar-refractivity contribution in [3.63, 3.8) is 0 Å². The predicted molar refractivity (Wildman–Crippen MR) is 92.2 cm³/mol. The smallest absolute Gasteiger partial charge is 0.255 e. The van der Waals surface area contributed by atoms with Crippen molar-refractivity contribution in [2.45, 2.75) is 19.1 Å². The number of carbonyl (C=O) groups excluding carboxylic acids is 1. The molecule has 0 saturated carbocycles. The van der Waals surface area contributed by atoms with Crippen LogP contribution in [-0.2, 0) is 13.1 Å². The lowest BCUT2D eigenvalue weighted by Crippen LogP contribution is -2.41. The zero-order valence-corrected chi connectivity index (χ0v) is 14.1. The number of imidazole rings is 1. The molecule has 122 valence electrons. The summed E-state index contributed by atoms with van der Waals surface area (Å²) in [6, 6.07) is 9.75. The van der Waals surface area contributed by atoms with Gasteiger partial charge in [-0.25, -0.2) is 4.98 Å². The number of benzene rings is 1. The Labute approximate surface area is 144 Å². The number of ether oxygens (including phenoxy) is 1. The molecule has 0 aliphatic carbocycles. The first-order valence-electron chi connectivity index (χ1n) is 7.73. The summed E-state index contributed by atoms with van der Waals surface area (Å²) in [5.74, 6) is 1.75. The van der Waals surface area contributed by atoms with Crippen molar-refractivity contribution < 1.29 is 9.53 Å². The normalized spacial score (nSPS) is 16.7. The van der Waals surface area contributed by atoms with Crippen molar-refractivity contribution in [2.75, 3.05) is 7.11 Å². The second-order valence-electron chi connectivity index (χ2n) is 5.73. The lowest BCUT2D eigenvalue weighted by atomic mass is 10.0. The Morgan fingerprint density at radius 3 is 3.08 bits per heavy atom. The quantitative estimate of drug-likeness (QED) is 0.735. The number of nitrogens with zero attached hydrogens (tertiary/aromatic N) is 3. The van der Waals surface area contributed by atoms with Gasteiger partial charge in [0.15, 0.2) is 0 Å². The van der Waals surface area contributed by atoms with E-state index < -0.39 is 0 Å². The summed E-state index contributed by atoms with van der Waals surface area (Å²) in [4.78, 5) is 19.3. The van der Waals surface area contributed by atoms with E-state index in [0.717, 1.165) is 22.7 Å². The number of amides is 1. The summed E-state index contributed by atoms with van der Waals surface area (Å²) in [7, 11) is 1.65. The lowest BCUT2D eigenvalue weighted by Gasteiger charge is -2.36. The van der Waals surface area contributed by atoms with E-state index >= 15 is 0 Å². The summed E-state index contributed by atoms with van der Waals surface area (Å²) < 4.78 is 7.46. The van der Waals surface area contributed by atoms with Crippen molar-refractivity contribution in [3.8, 4) is 5.75 Å². The Morgan fingerprint density at radius 1 is 1.38 bits per heavy atom. The Balaban J connectivity index is 1.74. The van der Waals surface area contributed by atoms with Crippen molar-refractivity contribution in [2.24, 2.45) is 0 Å². The first-order chi connectivity index (χ1) is 11.8. The van der Waals surface area contributed by atoms with E-state index in [9.17, 15) is 4.79 Å². The summed E-state index contributed by atoms with van der Waals surface area (Å²) in [5.41, 5.74) is 1.80. The van der Waals surface area contributed by atoms with E-state index in [0.29, 0.717) is 13.1 Å². The van der Waals surface area contributed by atoms with Crippen LogP contribution in [0.4, 0.5) is 0 Å². The molecule has 4 rings (SSSR count). The molecule has 1 amide bonds. The molecule has 5 nitrogen and oxygen atoms in total. The summed E-state index contributed by atoms with van der Waals surface area (Å²) in [6.45, 7) is 1.20. The number of aromatic nitrogens is 2. The highest BCUT2D eigenvalue weighted by Crippen LogP contribution is 2.32. The van der Waals surface area contributed by atoms with Gasteiger partial charge in [0.2, 0.25) is 0 Å². The van der Waals surface area contributed by atoms with Crippen LogP contribution in [0.5, 0.6) is 5.75 Å². The highest BCUT2D eigenvalue weighted by Gasteiger charge is 2.32. The van der Waals surface area contributed by atoms with Gasteiger partial charge in [-0.1, -0.05) is 12.1 Å². The maximum absolute atomic E-state index is 13.0. The van der Waals surface area contributed by atoms with Crippen LogP contribution in [0.1, 0.15) is 27.8 Å². The van der Waals surface area contributed by atoms with Gasteiger partial charge < -0.3 is 14.2 Å². The molecule has 3 aromatic rings. The standard InChI is InChI=1S/C18H17N3O2S/c1-23-15-4-2-3-13(9-15)16-10-20-7-6-19-17(20)11-21(16)18(22)14-5-8-24-12-14/h2-9,12,16H,10-11H2,1H3/t16-/m1/s1. The van der Waals surface area contributed by atoms with Crippen LogP contribution in [0.15, 0.2) is 53.5 Å². The third kappa shape index (κ3) is 2.59. The molecule has 1 aliphatic rings. The highest BCUT2D eigenvalue weighted by atomic mass is 32.1. The van der Waals surface area contributed by atoms with Gasteiger partial charge in [0.1, 0.15) is 11.6 Å². The van der Waals surface area contributed by atoms with Gasteiger partial charge in [0, 0.05) is 24.3 Å². The second kappa shape index (κ2) is 6.13. The van der Waals surface area contributed by atoms with Crippen LogP contribution in [0, 0.1) is 0 Å². The van der Waals surface area contributed by atoms with E-state index in [1.54, 1.807) is 13.3 Å². The second-order valence-corrected chi connectivity index (χ2v) is 6.51. The minimum atomic E-state index is -0.0470. The molecule has 0 radical (unpaired) electrons. The van der Waals surface area contributed by atoms with Crippen LogP contribution in [0.3, 0.4) is 0 Å². The molecule has 6 heteroatoms. The van der Waals surface area contributed by atoms with Gasteiger partial charge in [-0.05, 0) is 29.1 Å². The van der Waals surface area contributed by atoms with Gasteiger partial charge in [0.05, 0.1) is 25.3 Å². The number of hydrogen-bond acceptors (Lipinski definition) is 4. The van der Waals surface area contributed by atoms with Crippen LogP contribution in [0.2, 0.25) is 0 Å². The van der Waals surface area contributed by atoms with Gasteiger partial charge in [-0.2, -0.15) is 11.3 Å². The largest absolute Gasteiger partial charge is 0.497 e. The molecule has 0 saturated heterocycles. The topological polar surface area (TPSA) is 47.4 Å². The first-order valence-corrected chi connectivity index (χ1v) is 8.67. The molecular formula is C18H17N3O2S. The fourth-order valence-corrected chi connectivity index (χ4v) is 3.73. The number of thiophene rings is 1. The van der Waals surface area contributed by atoms with Crippen LogP contribution >= 0.6 is 11.3 Å². The first kappa shape index (κ1) is 15.0. The monoisotopic (exact) mass is 339 g/mol. The molecule has 3 heterocycles. The SMILES string of the molecule is COc1cccc([C@H]2Cn3ccnc3CN2C(=O)c2ccsc2)c1. The van der Waals surface area contributed by atoms with E-state index in [4.69, 9.17) is 4.74 Å². The van der Waals surface area contributed by atoms with E-state index in [-0.39, 0.29) is 11.9 Å². The Kier molecular flexibility index (Phi) is 3.82. The molecule has 0 unspecified atom stereocenters. The average Bonchev–Trinajstić information content (AvgIpc) is 3.31. The summed E-state index contributed by atoms with van der Waals surface area (Å²) in [5, 5.41) is 3.82. The average molecular weight is 339 g/mol. The highest BCUT2D eigenvalue weighted by molar-refractivity contribution is 7.08. The minimum Gasteiger partial charge on any atom is -0.497 e. The Hall–Kier alpha value is -2.60. The molecule has 24 heavy (non-hydrogen) atoms. The molecule has 0 fully saturated rings. The molecule has 0 bridgehead atoms. The third-order valence-electron chi connectivity index (χ3n) is 4.37. The zero-order valence-electron chi connectivity index (χ0n) is 13.3. The molecule has 0 N–H and O–H groups in total. The van der Waals surface area contributed by atoms with Gasteiger partial charge in [0.25, 0.3) is 5.91 Å². The maximum Gasteiger partial charge on any atom is 0.255 e. The minimum absolute atomic E-state index is 0.0401. The molecule has 1 aromatic carbocycles. The van der Waals surface area contributed by atoms with Gasteiger partial charge in [-0.15, -0.1) is 0 Å². The predicted octanol–water partition coefficient (Wildman–Crippen LogP) is 3.35. The number of fused-ring (bicyclic) bond motifs is 1. The van der Waals surface area contributed by atoms with Gasteiger partial charge in [-0.3, -0.25) is 4.79 Å². The Bertz CT molecular complexity index is 857. The zero-order chi connectivity index (χ0) is 16.5. The van der Waals surface area contributed by atoms with Crippen LogP contribution in [0.25, 0.3) is 0 Å². The van der Waals surface area contributed by atoms with E-state index in [1.165, 1.54) is 11.3 Å². The molecule has 1 aliphatic heterocycles. The van der Waals surface area contributed by atoms with Crippen LogP contribution in [-0.4, -0.2) is 27.5 Å². The van der Waals surface area contributed by atoms with Gasteiger partial charge >= 0.3 is 0 Å². The molecule has 0 spiro atoms. The van der Waals surface area contributed by atoms with E-state index in [1.807, 2.05) is 52.2 Å². The van der Waals surface area contributed by atoms with Crippen LogP contribution < -0.4 is 4.74 Å². The third-order valence-corrected chi connectivity index (χ3v) is 5.05. The Morgan fingerprint density at radius 2 is 2.29 bits per heavy atom. The maximum atomic E-state index is 13.0. The van der Waals surface area contributed by atoms with E-state index in [2.05, 4.69) is 9.55 Å². The summed E-state index contributed by atoms with van der Waals surface area (Å²) in [6.07, 6.45) is 3.76. The fraction of sp³-hybridized carbons (Fsp3) is 0.222. The van der Waals surface area contributed by atoms with Crippen molar-refractivity contribution >= 4 is 17.2 Å². The summed E-state index contributed by atoms with van der Waals surface area (Å²) >= 11 is 1.53. The number of carbonyl (C=O) groups is 1. The number of rotatable bonds is 3. The molecule has 2 aromatic heterocycles. The molecular weight excluding hydrogens is 322 g/mol. The molecule has 1 atom stereocenters. The van der Waals surface area contributed by atoms with Crippen molar-refractivity contribution in [3.05, 3.63) is 70.4 Å². The lowest BCUT2D eigenvalue weighted by molar-refractivity contribution is 0.0584. The van der Waals surface area contributed by atoms with Crippen molar-refractivity contribution in [1.82, 2.24) is 14.5 Å². The number of methoxy groups -OCH3 is 1. The van der Waals surface area contributed by atoms with Crippen molar-refractivity contribution in [1.29, 1.82) is 0 Å². The number of hydrogen-bond donors (Lipinski definition) is 0.